The Labute approximate surface area is 122 Å². The number of benzene rings is 1. The van der Waals surface area contributed by atoms with Crippen LogP contribution in [-0.4, -0.2) is 25.9 Å². The zero-order chi connectivity index (χ0) is 14.4. The lowest BCUT2D eigenvalue weighted by atomic mass is 9.94. The van der Waals surface area contributed by atoms with Gasteiger partial charge in [-0.25, -0.2) is 0 Å². The number of ether oxygens (including phenoxy) is 2. The summed E-state index contributed by atoms with van der Waals surface area (Å²) in [4.78, 5) is 0. The summed E-state index contributed by atoms with van der Waals surface area (Å²) in [6, 6.07) is 8.58. The monoisotopic (exact) mass is 272 g/mol. The van der Waals surface area contributed by atoms with E-state index in [4.69, 9.17) is 9.47 Å². The van der Waals surface area contributed by atoms with E-state index in [1.165, 1.54) is 5.56 Å². The van der Waals surface area contributed by atoms with Crippen LogP contribution in [0.1, 0.15) is 50.2 Å². The molecule has 0 N–H and O–H groups in total. The molecule has 1 aromatic carbocycles. The van der Waals surface area contributed by atoms with Crippen molar-refractivity contribution in [1.29, 1.82) is 0 Å². The number of rotatable bonds is 3. The van der Waals surface area contributed by atoms with Crippen LogP contribution in [0.25, 0.3) is 0 Å². The molecule has 0 amide bonds. The highest BCUT2D eigenvalue weighted by molar-refractivity contribution is 5.38. The van der Waals surface area contributed by atoms with Gasteiger partial charge in [-0.2, -0.15) is 0 Å². The van der Waals surface area contributed by atoms with Gasteiger partial charge in [-0.3, -0.25) is 0 Å². The fraction of sp³-hybridized carbons (Fsp3) is 0.556. The molecule has 0 spiro atoms. The van der Waals surface area contributed by atoms with Crippen molar-refractivity contribution < 1.29 is 9.47 Å². The van der Waals surface area contributed by atoms with E-state index in [1.807, 2.05) is 0 Å². The summed E-state index contributed by atoms with van der Waals surface area (Å²) < 4.78 is 11.0. The third-order valence-electron chi connectivity index (χ3n) is 4.22. The molecule has 0 aromatic heterocycles. The number of methoxy groups -OCH3 is 1. The van der Waals surface area contributed by atoms with Gasteiger partial charge in [0.05, 0.1) is 13.2 Å². The molecule has 0 aliphatic carbocycles. The van der Waals surface area contributed by atoms with Gasteiger partial charge in [0, 0.05) is 25.5 Å². The first-order valence-corrected chi connectivity index (χ1v) is 7.45. The second-order valence-electron chi connectivity index (χ2n) is 5.49. The maximum absolute atomic E-state index is 5.63. The largest absolute Gasteiger partial charge is 0.381 e. The Bertz CT molecular complexity index is 472. The Morgan fingerprint density at radius 2 is 1.90 bits per heavy atom. The normalized spacial score (nSPS) is 18.9. The SMILES string of the molecule is CCC(C)c1ccc(C#CC2(OC)CCOCC2)cc1. The van der Waals surface area contributed by atoms with Gasteiger partial charge >= 0.3 is 0 Å². The maximum atomic E-state index is 5.63. The second kappa shape index (κ2) is 6.92. The Hall–Kier alpha value is -1.30. The van der Waals surface area contributed by atoms with Crippen molar-refractivity contribution in [1.82, 2.24) is 0 Å². The first-order valence-electron chi connectivity index (χ1n) is 7.45. The van der Waals surface area contributed by atoms with Crippen molar-refractivity contribution >= 4 is 0 Å². The summed E-state index contributed by atoms with van der Waals surface area (Å²) in [5.41, 5.74) is 2.11. The van der Waals surface area contributed by atoms with E-state index in [-0.39, 0.29) is 5.60 Å². The van der Waals surface area contributed by atoms with Gasteiger partial charge in [-0.1, -0.05) is 37.8 Å². The predicted octanol–water partition coefficient (Wildman–Crippen LogP) is 3.75. The minimum Gasteiger partial charge on any atom is -0.381 e. The summed E-state index contributed by atoms with van der Waals surface area (Å²) in [6.45, 7) is 5.93. The summed E-state index contributed by atoms with van der Waals surface area (Å²) in [6.07, 6.45) is 2.86. The third kappa shape index (κ3) is 3.62. The first-order chi connectivity index (χ1) is 9.69. The molecule has 20 heavy (non-hydrogen) atoms. The van der Waals surface area contributed by atoms with Gasteiger partial charge in [-0.05, 0) is 30.0 Å². The average Bonchev–Trinajstić information content (AvgIpc) is 2.53. The van der Waals surface area contributed by atoms with Crippen LogP contribution in [0.2, 0.25) is 0 Å². The fourth-order valence-electron chi connectivity index (χ4n) is 2.40. The third-order valence-corrected chi connectivity index (χ3v) is 4.22. The van der Waals surface area contributed by atoms with E-state index in [2.05, 4.69) is 50.0 Å². The van der Waals surface area contributed by atoms with Gasteiger partial charge in [0.15, 0.2) is 0 Å². The molecule has 1 fully saturated rings. The van der Waals surface area contributed by atoms with Crippen LogP contribution in [0.5, 0.6) is 0 Å². The molecule has 0 saturated carbocycles. The van der Waals surface area contributed by atoms with Gasteiger partial charge in [0.25, 0.3) is 0 Å². The molecule has 2 heteroatoms. The highest BCUT2D eigenvalue weighted by Gasteiger charge is 2.30. The predicted molar refractivity (Wildman–Crippen MR) is 81.8 cm³/mol. The molecule has 1 aromatic rings. The molecule has 1 saturated heterocycles. The number of hydrogen-bond donors (Lipinski definition) is 0. The minimum absolute atomic E-state index is 0.326. The summed E-state index contributed by atoms with van der Waals surface area (Å²) >= 11 is 0. The molecular formula is C18H24O2. The highest BCUT2D eigenvalue weighted by atomic mass is 16.5. The van der Waals surface area contributed by atoms with Gasteiger partial charge < -0.3 is 9.47 Å². The summed E-state index contributed by atoms with van der Waals surface area (Å²) in [5, 5.41) is 0. The van der Waals surface area contributed by atoms with E-state index in [0.717, 1.165) is 38.0 Å². The zero-order valence-electron chi connectivity index (χ0n) is 12.7. The van der Waals surface area contributed by atoms with Crippen LogP contribution in [-0.2, 0) is 9.47 Å². The topological polar surface area (TPSA) is 18.5 Å². The Morgan fingerprint density at radius 1 is 1.25 bits per heavy atom. The molecule has 0 radical (unpaired) electrons. The fourth-order valence-corrected chi connectivity index (χ4v) is 2.40. The molecule has 1 unspecified atom stereocenters. The molecule has 2 nitrogen and oxygen atoms in total. The van der Waals surface area contributed by atoms with Crippen molar-refractivity contribution in [3.05, 3.63) is 35.4 Å². The summed E-state index contributed by atoms with van der Waals surface area (Å²) in [7, 11) is 1.74. The van der Waals surface area contributed by atoms with Crippen LogP contribution in [0.15, 0.2) is 24.3 Å². The standard InChI is InChI=1S/C18H24O2/c1-4-15(2)17-7-5-16(6-8-17)9-10-18(19-3)11-13-20-14-12-18/h5-8,15H,4,11-14H2,1-3H3. The van der Waals surface area contributed by atoms with Crippen LogP contribution in [0.3, 0.4) is 0 Å². The van der Waals surface area contributed by atoms with E-state index in [9.17, 15) is 0 Å². The lowest BCUT2D eigenvalue weighted by molar-refractivity contribution is -0.0524. The van der Waals surface area contributed by atoms with Gasteiger partial charge in [0.2, 0.25) is 0 Å². The lowest BCUT2D eigenvalue weighted by Crippen LogP contribution is -2.36. The molecule has 1 heterocycles. The van der Waals surface area contributed by atoms with E-state index in [0.29, 0.717) is 5.92 Å². The molecular weight excluding hydrogens is 248 g/mol. The highest BCUT2D eigenvalue weighted by Crippen LogP contribution is 2.24. The first kappa shape index (κ1) is 15.1. The molecule has 1 atom stereocenters. The number of hydrogen-bond acceptors (Lipinski definition) is 2. The van der Waals surface area contributed by atoms with E-state index >= 15 is 0 Å². The second-order valence-corrected chi connectivity index (χ2v) is 5.49. The summed E-state index contributed by atoms with van der Waals surface area (Å²) in [5.74, 6) is 7.18. The van der Waals surface area contributed by atoms with Crippen molar-refractivity contribution in [3.8, 4) is 11.8 Å². The molecule has 1 aliphatic heterocycles. The Morgan fingerprint density at radius 3 is 2.45 bits per heavy atom. The van der Waals surface area contributed by atoms with Crippen LogP contribution in [0.4, 0.5) is 0 Å². The van der Waals surface area contributed by atoms with E-state index in [1.54, 1.807) is 7.11 Å². The van der Waals surface area contributed by atoms with Crippen LogP contribution >= 0.6 is 0 Å². The van der Waals surface area contributed by atoms with Gasteiger partial charge in [-0.15, -0.1) is 0 Å². The maximum Gasteiger partial charge on any atom is 0.133 e. The Balaban J connectivity index is 2.11. The van der Waals surface area contributed by atoms with Crippen LogP contribution in [0, 0.1) is 11.8 Å². The van der Waals surface area contributed by atoms with Gasteiger partial charge in [0.1, 0.15) is 5.60 Å². The Kier molecular flexibility index (Phi) is 5.23. The quantitative estimate of drug-likeness (QED) is 0.780. The molecule has 1 aliphatic rings. The van der Waals surface area contributed by atoms with Crippen molar-refractivity contribution in [2.45, 2.75) is 44.6 Å². The van der Waals surface area contributed by atoms with Crippen molar-refractivity contribution in [3.63, 3.8) is 0 Å². The molecule has 108 valence electrons. The minimum atomic E-state index is -0.326. The van der Waals surface area contributed by atoms with Crippen LogP contribution < -0.4 is 0 Å². The van der Waals surface area contributed by atoms with E-state index < -0.39 is 0 Å². The lowest BCUT2D eigenvalue weighted by Gasteiger charge is -2.30. The van der Waals surface area contributed by atoms with Crippen molar-refractivity contribution in [2.75, 3.05) is 20.3 Å². The zero-order valence-corrected chi connectivity index (χ0v) is 12.7. The average molecular weight is 272 g/mol. The molecule has 2 rings (SSSR count). The molecule has 0 bridgehead atoms. The van der Waals surface area contributed by atoms with Crippen molar-refractivity contribution in [2.24, 2.45) is 0 Å². The smallest absolute Gasteiger partial charge is 0.133 e.